The molecule has 0 atom stereocenters. The van der Waals surface area contributed by atoms with E-state index < -0.39 is 0 Å². The third-order valence-corrected chi connectivity index (χ3v) is 3.92. The van der Waals surface area contributed by atoms with Gasteiger partial charge in [-0.15, -0.1) is 10.2 Å². The summed E-state index contributed by atoms with van der Waals surface area (Å²) in [6.07, 6.45) is 1.49. The number of H-pyrrole nitrogens is 1. The molecule has 128 valence electrons. The molecule has 2 N–H and O–H groups in total. The second kappa shape index (κ2) is 7.04. The summed E-state index contributed by atoms with van der Waals surface area (Å²) in [5.41, 5.74) is 4.57. The third-order valence-electron chi connectivity index (χ3n) is 3.33. The summed E-state index contributed by atoms with van der Waals surface area (Å²) in [7, 11) is 0. The molecule has 0 spiro atoms. The van der Waals surface area contributed by atoms with Crippen molar-refractivity contribution in [1.82, 2.24) is 25.0 Å². The molecule has 2 aromatic heterocycles. The van der Waals surface area contributed by atoms with Crippen LogP contribution in [0.1, 0.15) is 17.0 Å². The van der Waals surface area contributed by atoms with Gasteiger partial charge in [0.1, 0.15) is 10.8 Å². The summed E-state index contributed by atoms with van der Waals surface area (Å²) in [4.78, 5) is 14.0. The van der Waals surface area contributed by atoms with E-state index in [1.165, 1.54) is 6.21 Å². The van der Waals surface area contributed by atoms with Crippen molar-refractivity contribution in [3.8, 4) is 5.69 Å². The molecule has 10 heteroatoms. The van der Waals surface area contributed by atoms with Gasteiger partial charge in [-0.05, 0) is 32.0 Å². The number of aromatic nitrogens is 5. The highest BCUT2D eigenvalue weighted by molar-refractivity contribution is 6.32. The van der Waals surface area contributed by atoms with Crippen molar-refractivity contribution >= 4 is 35.4 Å². The van der Waals surface area contributed by atoms with Crippen LogP contribution < -0.4 is 11.0 Å². The van der Waals surface area contributed by atoms with E-state index in [1.807, 2.05) is 19.1 Å². The zero-order chi connectivity index (χ0) is 18.0. The second-order valence-corrected chi connectivity index (χ2v) is 5.93. The second-order valence-electron chi connectivity index (χ2n) is 5.14. The van der Waals surface area contributed by atoms with Gasteiger partial charge in [0.15, 0.2) is 0 Å². The number of halogens is 2. The minimum Gasteiger partial charge on any atom is -0.288 e. The third kappa shape index (κ3) is 3.70. The maximum atomic E-state index is 11.5. The molecule has 2 heterocycles. The summed E-state index contributed by atoms with van der Waals surface area (Å²) in [5, 5.41) is 16.9. The van der Waals surface area contributed by atoms with Crippen molar-refractivity contribution in [2.75, 3.05) is 5.43 Å². The number of nitrogens with one attached hydrogen (secondary N) is 2. The Morgan fingerprint density at radius 2 is 2.04 bits per heavy atom. The Balaban J connectivity index is 1.85. The van der Waals surface area contributed by atoms with E-state index in [4.69, 9.17) is 23.2 Å². The molecule has 0 saturated carbocycles. The first kappa shape index (κ1) is 17.1. The van der Waals surface area contributed by atoms with E-state index in [9.17, 15) is 4.79 Å². The van der Waals surface area contributed by atoms with Crippen molar-refractivity contribution in [2.45, 2.75) is 13.8 Å². The predicted octanol–water partition coefficient (Wildman–Crippen LogP) is 2.72. The minimum absolute atomic E-state index is 0.128. The van der Waals surface area contributed by atoms with Crippen LogP contribution >= 0.6 is 23.2 Å². The Morgan fingerprint density at radius 3 is 2.76 bits per heavy atom. The molecule has 3 rings (SSSR count). The van der Waals surface area contributed by atoms with Crippen LogP contribution in [0.25, 0.3) is 5.69 Å². The summed E-state index contributed by atoms with van der Waals surface area (Å²) in [6, 6.07) is 7.18. The van der Waals surface area contributed by atoms with Gasteiger partial charge in [-0.1, -0.05) is 29.3 Å². The molecule has 8 nitrogen and oxygen atoms in total. The Kier molecular flexibility index (Phi) is 4.82. The fourth-order valence-electron chi connectivity index (χ4n) is 2.04. The number of hydrogen-bond acceptors (Lipinski definition) is 6. The zero-order valence-electron chi connectivity index (χ0n) is 13.3. The van der Waals surface area contributed by atoms with Crippen LogP contribution in [0.3, 0.4) is 0 Å². The highest BCUT2D eigenvalue weighted by atomic mass is 35.5. The molecule has 0 radical (unpaired) electrons. The van der Waals surface area contributed by atoms with Crippen molar-refractivity contribution in [3.63, 3.8) is 0 Å². The molecule has 1 aromatic carbocycles. The molecule has 0 saturated heterocycles. The van der Waals surface area contributed by atoms with Gasteiger partial charge >= 0.3 is 0 Å². The smallest absolute Gasteiger partial charge is 0.274 e. The van der Waals surface area contributed by atoms with Crippen molar-refractivity contribution in [2.24, 2.45) is 5.10 Å². The molecule has 0 aliphatic carbocycles. The van der Waals surface area contributed by atoms with Crippen LogP contribution in [0.5, 0.6) is 0 Å². The average Bonchev–Trinajstić information content (AvgIpc) is 2.86. The minimum atomic E-state index is -0.337. The molecule has 0 unspecified atom stereocenters. The Hall–Kier alpha value is -2.71. The Bertz CT molecular complexity index is 1010. The number of hydrogen-bond donors (Lipinski definition) is 2. The topological polar surface area (TPSA) is 101 Å². The molecule has 3 aromatic rings. The van der Waals surface area contributed by atoms with E-state index in [1.54, 1.807) is 23.7 Å². The fourth-order valence-corrected chi connectivity index (χ4v) is 2.54. The first-order valence-corrected chi connectivity index (χ1v) is 7.95. The van der Waals surface area contributed by atoms with E-state index in [2.05, 4.69) is 30.8 Å². The van der Waals surface area contributed by atoms with Gasteiger partial charge < -0.3 is 0 Å². The highest BCUT2D eigenvalue weighted by Gasteiger charge is 2.13. The Labute approximate surface area is 152 Å². The quantitative estimate of drug-likeness (QED) is 0.537. The summed E-state index contributed by atoms with van der Waals surface area (Å²) < 4.78 is 1.57. The maximum Gasteiger partial charge on any atom is 0.274 e. The largest absolute Gasteiger partial charge is 0.288 e. The van der Waals surface area contributed by atoms with Crippen LogP contribution in [0.4, 0.5) is 5.95 Å². The number of anilines is 1. The normalized spacial score (nSPS) is 11.2. The van der Waals surface area contributed by atoms with Gasteiger partial charge in [-0.25, -0.2) is 10.1 Å². The standard InChI is InChI=1S/C15H13Cl2N7O/c1-8-12(7-18-21-15-19-14(25)9(2)20-22-15)13(17)24(23-8)11-5-3-4-10(16)6-11/h3-7H,1-2H3,(H2,19,21,22,25)/b18-7+. The molecule has 0 aliphatic heterocycles. The average molecular weight is 378 g/mol. The summed E-state index contributed by atoms with van der Waals surface area (Å²) in [6.45, 7) is 3.37. The van der Waals surface area contributed by atoms with Gasteiger partial charge in [0.05, 0.1) is 23.2 Å². The first-order chi connectivity index (χ1) is 12.0. The monoisotopic (exact) mass is 377 g/mol. The van der Waals surface area contributed by atoms with Gasteiger partial charge in [0, 0.05) is 5.02 Å². The molecule has 25 heavy (non-hydrogen) atoms. The highest BCUT2D eigenvalue weighted by Crippen LogP contribution is 2.23. The van der Waals surface area contributed by atoms with E-state index in [0.29, 0.717) is 21.4 Å². The van der Waals surface area contributed by atoms with Crippen molar-refractivity contribution in [1.29, 1.82) is 0 Å². The predicted molar refractivity (Wildman–Crippen MR) is 96.9 cm³/mol. The number of nitrogens with zero attached hydrogens (tertiary/aromatic N) is 5. The number of hydrazone groups is 1. The fraction of sp³-hybridized carbons (Fsp3) is 0.133. The van der Waals surface area contributed by atoms with E-state index in [0.717, 1.165) is 5.69 Å². The number of benzene rings is 1. The van der Waals surface area contributed by atoms with Gasteiger partial charge in [0.2, 0.25) is 5.95 Å². The number of aromatic amines is 1. The lowest BCUT2D eigenvalue weighted by atomic mass is 10.3. The zero-order valence-corrected chi connectivity index (χ0v) is 14.8. The molecule has 0 amide bonds. The van der Waals surface area contributed by atoms with Gasteiger partial charge in [-0.3, -0.25) is 9.78 Å². The van der Waals surface area contributed by atoms with Crippen LogP contribution in [-0.2, 0) is 0 Å². The van der Waals surface area contributed by atoms with Crippen LogP contribution in [0.15, 0.2) is 34.2 Å². The molecule has 0 fully saturated rings. The van der Waals surface area contributed by atoms with Gasteiger partial charge in [0.25, 0.3) is 5.56 Å². The lowest BCUT2D eigenvalue weighted by Gasteiger charge is -2.03. The molecular weight excluding hydrogens is 365 g/mol. The van der Waals surface area contributed by atoms with Crippen molar-refractivity contribution < 1.29 is 0 Å². The number of rotatable bonds is 4. The molecular formula is C15H13Cl2N7O. The summed E-state index contributed by atoms with van der Waals surface area (Å²) >= 11 is 12.4. The number of aryl methyl sites for hydroxylation is 2. The lowest BCUT2D eigenvalue weighted by Crippen LogP contribution is -2.15. The maximum absolute atomic E-state index is 11.5. The first-order valence-electron chi connectivity index (χ1n) is 7.19. The summed E-state index contributed by atoms with van der Waals surface area (Å²) in [5.74, 6) is 0.128. The Morgan fingerprint density at radius 1 is 1.24 bits per heavy atom. The van der Waals surface area contributed by atoms with E-state index >= 15 is 0 Å². The SMILES string of the molecule is Cc1nn(-c2cccc(Cl)c2)c(Cl)c1/C=N/Nc1nnc(C)c(=O)[nH]1. The van der Waals surface area contributed by atoms with Crippen LogP contribution in [0.2, 0.25) is 10.2 Å². The molecule has 0 aliphatic rings. The van der Waals surface area contributed by atoms with Crippen LogP contribution in [-0.4, -0.2) is 31.2 Å². The van der Waals surface area contributed by atoms with Crippen molar-refractivity contribution in [3.05, 3.63) is 61.7 Å². The lowest BCUT2D eigenvalue weighted by molar-refractivity contribution is 0.863. The molecule has 0 bridgehead atoms. The van der Waals surface area contributed by atoms with Gasteiger partial charge in [-0.2, -0.15) is 10.2 Å². The van der Waals surface area contributed by atoms with Crippen LogP contribution in [0, 0.1) is 13.8 Å². The van der Waals surface area contributed by atoms with E-state index in [-0.39, 0.29) is 17.2 Å².